The van der Waals surface area contributed by atoms with Gasteiger partial charge >= 0.3 is 0 Å². The maximum absolute atomic E-state index is 12.7. The molecule has 2 aromatic rings. The zero-order valence-electron chi connectivity index (χ0n) is 19.9. The standard InChI is InChI=1S/C26H36N6O/c1-3-27-26(30-22-14-17-31(18-15-22)24-11-6-8-20(2)29-24)28-16-7-12-25(33)32-19-13-21-9-4-5-10-23(21)32/h4-6,8-11,22H,3,7,12-19H2,1-2H3,(H2,27,28,30). The highest BCUT2D eigenvalue weighted by atomic mass is 16.2. The number of para-hydroxylation sites is 1. The van der Waals surface area contributed by atoms with Gasteiger partial charge in [-0.1, -0.05) is 24.3 Å². The first-order valence-corrected chi connectivity index (χ1v) is 12.3. The largest absolute Gasteiger partial charge is 0.357 e. The van der Waals surface area contributed by atoms with E-state index in [1.54, 1.807) is 0 Å². The van der Waals surface area contributed by atoms with Gasteiger partial charge in [0, 0.05) is 56.6 Å². The summed E-state index contributed by atoms with van der Waals surface area (Å²) in [5.74, 6) is 2.12. The molecule has 1 aromatic carbocycles. The summed E-state index contributed by atoms with van der Waals surface area (Å²) in [5.41, 5.74) is 3.40. The van der Waals surface area contributed by atoms with Crippen LogP contribution < -0.4 is 20.4 Å². The number of nitrogens with one attached hydrogen (secondary N) is 2. The van der Waals surface area contributed by atoms with Crippen LogP contribution in [-0.4, -0.2) is 55.6 Å². The molecule has 1 saturated heterocycles. The molecule has 0 bridgehead atoms. The van der Waals surface area contributed by atoms with E-state index in [0.717, 1.165) is 75.0 Å². The van der Waals surface area contributed by atoms with Crippen molar-refractivity contribution < 1.29 is 4.79 Å². The van der Waals surface area contributed by atoms with Crippen molar-refractivity contribution in [1.29, 1.82) is 0 Å². The number of anilines is 2. The summed E-state index contributed by atoms with van der Waals surface area (Å²) in [6.45, 7) is 8.34. The number of carbonyl (C=O) groups is 1. The summed E-state index contributed by atoms with van der Waals surface area (Å²) in [5, 5.41) is 6.95. The van der Waals surface area contributed by atoms with Gasteiger partial charge in [-0.3, -0.25) is 9.79 Å². The number of fused-ring (bicyclic) bond motifs is 1. The first-order chi connectivity index (χ1) is 16.1. The van der Waals surface area contributed by atoms with Crippen molar-refractivity contribution in [3.05, 3.63) is 53.7 Å². The van der Waals surface area contributed by atoms with Crippen molar-refractivity contribution in [1.82, 2.24) is 15.6 Å². The third kappa shape index (κ3) is 6.03. The molecule has 2 aliphatic rings. The lowest BCUT2D eigenvalue weighted by atomic mass is 10.1. The van der Waals surface area contributed by atoms with Crippen LogP contribution in [0.25, 0.3) is 0 Å². The summed E-state index contributed by atoms with van der Waals surface area (Å²) in [6, 6.07) is 14.8. The monoisotopic (exact) mass is 448 g/mol. The molecule has 3 heterocycles. The fraction of sp³-hybridized carbons (Fsp3) is 0.500. The number of piperidine rings is 1. The molecule has 0 saturated carbocycles. The second-order valence-electron chi connectivity index (χ2n) is 8.83. The van der Waals surface area contributed by atoms with Crippen LogP contribution in [0, 0.1) is 6.92 Å². The van der Waals surface area contributed by atoms with Crippen molar-refractivity contribution in [3.8, 4) is 0 Å². The molecule has 7 nitrogen and oxygen atoms in total. The minimum absolute atomic E-state index is 0.199. The van der Waals surface area contributed by atoms with Crippen molar-refractivity contribution in [2.24, 2.45) is 4.99 Å². The second-order valence-corrected chi connectivity index (χ2v) is 8.83. The van der Waals surface area contributed by atoms with Gasteiger partial charge in [-0.2, -0.15) is 0 Å². The highest BCUT2D eigenvalue weighted by molar-refractivity contribution is 5.95. The molecule has 2 aliphatic heterocycles. The zero-order valence-corrected chi connectivity index (χ0v) is 19.9. The Bertz CT molecular complexity index is 967. The fourth-order valence-electron chi connectivity index (χ4n) is 4.62. The van der Waals surface area contributed by atoms with Gasteiger partial charge in [0.25, 0.3) is 0 Å². The fourth-order valence-corrected chi connectivity index (χ4v) is 4.62. The molecule has 1 fully saturated rings. The predicted molar refractivity (Wildman–Crippen MR) is 135 cm³/mol. The molecule has 176 valence electrons. The number of guanidine groups is 1. The van der Waals surface area contributed by atoms with Crippen LogP contribution in [0.1, 0.15) is 43.9 Å². The minimum Gasteiger partial charge on any atom is -0.357 e. The summed E-state index contributed by atoms with van der Waals surface area (Å²) in [6.07, 6.45) is 4.33. The number of nitrogens with zero attached hydrogens (tertiary/aromatic N) is 4. The van der Waals surface area contributed by atoms with Crippen molar-refractivity contribution in [3.63, 3.8) is 0 Å². The SMILES string of the molecule is CCNC(=NCCCC(=O)N1CCc2ccccc21)NC1CCN(c2cccc(C)n2)CC1. The first kappa shape index (κ1) is 23.1. The minimum atomic E-state index is 0.199. The summed E-state index contributed by atoms with van der Waals surface area (Å²) >= 11 is 0. The molecule has 0 spiro atoms. The first-order valence-electron chi connectivity index (χ1n) is 12.3. The van der Waals surface area contributed by atoms with Crippen LogP contribution >= 0.6 is 0 Å². The number of aryl methyl sites for hydroxylation is 1. The average molecular weight is 449 g/mol. The van der Waals surface area contributed by atoms with Crippen LogP contribution in [0.4, 0.5) is 11.5 Å². The number of pyridine rings is 1. The van der Waals surface area contributed by atoms with Gasteiger partial charge in [0.15, 0.2) is 5.96 Å². The number of rotatable bonds is 7. The number of carbonyl (C=O) groups excluding carboxylic acids is 1. The second kappa shape index (κ2) is 11.2. The third-order valence-corrected chi connectivity index (χ3v) is 6.38. The third-order valence-electron chi connectivity index (χ3n) is 6.38. The van der Waals surface area contributed by atoms with E-state index >= 15 is 0 Å². The van der Waals surface area contributed by atoms with E-state index in [-0.39, 0.29) is 5.91 Å². The molecule has 33 heavy (non-hydrogen) atoms. The molecular weight excluding hydrogens is 412 g/mol. The van der Waals surface area contributed by atoms with Gasteiger partial charge in [0.05, 0.1) is 0 Å². The van der Waals surface area contributed by atoms with Gasteiger partial charge in [-0.15, -0.1) is 0 Å². The lowest BCUT2D eigenvalue weighted by Gasteiger charge is -2.34. The van der Waals surface area contributed by atoms with Crippen LogP contribution in [0.15, 0.2) is 47.5 Å². The summed E-state index contributed by atoms with van der Waals surface area (Å²) < 4.78 is 0. The van der Waals surface area contributed by atoms with Crippen molar-refractivity contribution in [2.45, 2.75) is 52.0 Å². The van der Waals surface area contributed by atoms with E-state index in [0.29, 0.717) is 19.0 Å². The molecule has 0 unspecified atom stereocenters. The number of hydrogen-bond acceptors (Lipinski definition) is 4. The van der Waals surface area contributed by atoms with E-state index in [1.165, 1.54) is 5.56 Å². The van der Waals surface area contributed by atoms with Crippen LogP contribution in [0.5, 0.6) is 0 Å². The Morgan fingerprint density at radius 3 is 2.73 bits per heavy atom. The maximum Gasteiger partial charge on any atom is 0.227 e. The maximum atomic E-state index is 12.7. The smallest absolute Gasteiger partial charge is 0.227 e. The van der Waals surface area contributed by atoms with Gasteiger partial charge in [-0.05, 0) is 63.3 Å². The molecule has 1 aromatic heterocycles. The normalized spacial score (nSPS) is 16.6. The summed E-state index contributed by atoms with van der Waals surface area (Å²) in [4.78, 5) is 26.4. The molecule has 0 atom stereocenters. The molecule has 4 rings (SSSR count). The molecule has 1 amide bonds. The molecule has 2 N–H and O–H groups in total. The Balaban J connectivity index is 1.22. The van der Waals surface area contributed by atoms with Gasteiger partial charge in [-0.25, -0.2) is 4.98 Å². The molecule has 0 radical (unpaired) electrons. The molecule has 0 aliphatic carbocycles. The summed E-state index contributed by atoms with van der Waals surface area (Å²) in [7, 11) is 0. The van der Waals surface area contributed by atoms with E-state index in [2.05, 4.69) is 45.6 Å². The Labute approximate surface area is 197 Å². The number of aliphatic imine (C=N–C) groups is 1. The van der Waals surface area contributed by atoms with E-state index < -0.39 is 0 Å². The van der Waals surface area contributed by atoms with Crippen molar-refractivity contribution in [2.75, 3.05) is 42.5 Å². The quantitative estimate of drug-likeness (QED) is 0.386. The van der Waals surface area contributed by atoms with E-state index in [4.69, 9.17) is 4.99 Å². The Morgan fingerprint density at radius 2 is 1.94 bits per heavy atom. The lowest BCUT2D eigenvalue weighted by Crippen LogP contribution is -2.49. The Hall–Kier alpha value is -3.09. The average Bonchev–Trinajstić information content (AvgIpc) is 3.27. The highest BCUT2D eigenvalue weighted by Crippen LogP contribution is 2.28. The number of amides is 1. The number of aromatic nitrogens is 1. The Morgan fingerprint density at radius 1 is 1.12 bits per heavy atom. The van der Waals surface area contributed by atoms with Crippen molar-refractivity contribution >= 4 is 23.4 Å². The van der Waals surface area contributed by atoms with Gasteiger partial charge in [0.2, 0.25) is 5.91 Å². The van der Waals surface area contributed by atoms with E-state index in [9.17, 15) is 4.79 Å². The zero-order chi connectivity index (χ0) is 23.0. The number of hydrogen-bond donors (Lipinski definition) is 2. The molecular formula is C26H36N6O. The number of benzene rings is 1. The lowest BCUT2D eigenvalue weighted by molar-refractivity contribution is -0.118. The van der Waals surface area contributed by atoms with E-state index in [1.807, 2.05) is 36.1 Å². The van der Waals surface area contributed by atoms with Crippen LogP contribution in [-0.2, 0) is 11.2 Å². The molecule has 7 heteroatoms. The topological polar surface area (TPSA) is 72.9 Å². The predicted octanol–water partition coefficient (Wildman–Crippen LogP) is 3.28. The van der Waals surface area contributed by atoms with Gasteiger partial charge in [0.1, 0.15) is 5.82 Å². The van der Waals surface area contributed by atoms with Crippen LogP contribution in [0.3, 0.4) is 0 Å². The highest BCUT2D eigenvalue weighted by Gasteiger charge is 2.24. The van der Waals surface area contributed by atoms with Crippen LogP contribution in [0.2, 0.25) is 0 Å². The Kier molecular flexibility index (Phi) is 7.81. The van der Waals surface area contributed by atoms with Gasteiger partial charge < -0.3 is 20.4 Å².